The molecule has 9 nitrogen and oxygen atoms in total. The van der Waals surface area contributed by atoms with Crippen LogP contribution in [0, 0.1) is 0 Å². The van der Waals surface area contributed by atoms with Crippen molar-refractivity contribution in [2.75, 3.05) is 39.8 Å². The first kappa shape index (κ1) is 15.8. The number of hydrogen-bond donors (Lipinski definition) is 1. The van der Waals surface area contributed by atoms with Crippen LogP contribution >= 0.6 is 0 Å². The summed E-state index contributed by atoms with van der Waals surface area (Å²) in [6, 6.07) is 0. The lowest BCUT2D eigenvalue weighted by Gasteiger charge is -2.32. The first-order valence-corrected chi connectivity index (χ1v) is 6.88. The van der Waals surface area contributed by atoms with Gasteiger partial charge in [0.25, 0.3) is 5.91 Å². The molecule has 0 saturated carbocycles. The highest BCUT2D eigenvalue weighted by Crippen LogP contribution is 2.14. The second-order valence-electron chi connectivity index (χ2n) is 4.93. The average Bonchev–Trinajstić information content (AvgIpc) is 2.93. The van der Waals surface area contributed by atoms with Gasteiger partial charge in [-0.3, -0.25) is 19.1 Å². The lowest BCUT2D eigenvalue weighted by atomic mass is 10.3. The molecule has 0 radical (unpaired) electrons. The molecule has 0 unspecified atom stereocenters. The predicted molar refractivity (Wildman–Crippen MR) is 76.3 cm³/mol. The van der Waals surface area contributed by atoms with Crippen molar-refractivity contribution in [2.45, 2.75) is 0 Å². The Morgan fingerprint density at radius 2 is 2.05 bits per heavy atom. The number of nitrogens with zero attached hydrogens (tertiary/aromatic N) is 4. The van der Waals surface area contributed by atoms with Crippen molar-refractivity contribution < 1.29 is 19.1 Å². The highest BCUT2D eigenvalue weighted by Gasteiger charge is 2.22. The quantitative estimate of drug-likeness (QED) is 0.665. The molecule has 0 atom stereocenters. The van der Waals surface area contributed by atoms with Gasteiger partial charge in [0, 0.05) is 39.4 Å². The van der Waals surface area contributed by atoms with Crippen LogP contribution in [0.1, 0.15) is 10.4 Å². The number of aryl methyl sites for hydroxylation is 1. The number of carbonyl (C=O) groups excluding carboxylic acids is 3. The summed E-state index contributed by atoms with van der Waals surface area (Å²) in [7, 11) is 3.10. The Hall–Kier alpha value is -2.58. The van der Waals surface area contributed by atoms with Crippen LogP contribution < -0.4 is 10.1 Å². The molecule has 0 aliphatic carbocycles. The van der Waals surface area contributed by atoms with Crippen molar-refractivity contribution in [3.63, 3.8) is 0 Å². The standard InChI is InChI=1S/C13H19N5O4/c1-16-8-10(13(15-16)22-2)12(21)14-7-11(20)18-5-3-17(9-19)4-6-18/h8-9H,3-7H2,1-2H3,(H,14,21). The fourth-order valence-electron chi connectivity index (χ4n) is 2.21. The fraction of sp³-hybridized carbons (Fsp3) is 0.538. The Labute approximate surface area is 127 Å². The van der Waals surface area contributed by atoms with Crippen molar-refractivity contribution in [1.82, 2.24) is 24.9 Å². The smallest absolute Gasteiger partial charge is 0.258 e. The lowest BCUT2D eigenvalue weighted by molar-refractivity contribution is -0.134. The summed E-state index contributed by atoms with van der Waals surface area (Å²) in [5, 5.41) is 6.55. The van der Waals surface area contributed by atoms with Gasteiger partial charge < -0.3 is 19.9 Å². The third-order valence-corrected chi connectivity index (χ3v) is 3.45. The largest absolute Gasteiger partial charge is 0.479 e. The van der Waals surface area contributed by atoms with Crippen LogP contribution in [0.4, 0.5) is 0 Å². The monoisotopic (exact) mass is 309 g/mol. The van der Waals surface area contributed by atoms with E-state index in [1.165, 1.54) is 18.0 Å². The van der Waals surface area contributed by atoms with Crippen LogP contribution in [0.2, 0.25) is 0 Å². The third-order valence-electron chi connectivity index (χ3n) is 3.45. The molecular weight excluding hydrogens is 290 g/mol. The van der Waals surface area contributed by atoms with E-state index in [4.69, 9.17) is 4.74 Å². The van der Waals surface area contributed by atoms with Crippen molar-refractivity contribution >= 4 is 18.2 Å². The van der Waals surface area contributed by atoms with E-state index in [9.17, 15) is 14.4 Å². The van der Waals surface area contributed by atoms with Crippen LogP contribution in [-0.4, -0.2) is 77.6 Å². The minimum atomic E-state index is -0.412. The second kappa shape index (κ2) is 6.92. The van der Waals surface area contributed by atoms with Gasteiger partial charge in [-0.1, -0.05) is 0 Å². The van der Waals surface area contributed by atoms with E-state index in [1.807, 2.05) is 0 Å². The summed E-state index contributed by atoms with van der Waals surface area (Å²) in [6.45, 7) is 1.88. The van der Waals surface area contributed by atoms with Gasteiger partial charge in [-0.15, -0.1) is 5.10 Å². The number of hydrogen-bond acceptors (Lipinski definition) is 5. The van der Waals surface area contributed by atoms with Crippen molar-refractivity contribution in [3.05, 3.63) is 11.8 Å². The topological polar surface area (TPSA) is 96.8 Å². The molecule has 3 amide bonds. The number of methoxy groups -OCH3 is 1. The van der Waals surface area contributed by atoms with Crippen molar-refractivity contribution in [3.8, 4) is 5.88 Å². The zero-order valence-electron chi connectivity index (χ0n) is 12.6. The maximum absolute atomic E-state index is 12.1. The van der Waals surface area contributed by atoms with E-state index in [0.29, 0.717) is 26.2 Å². The van der Waals surface area contributed by atoms with Crippen LogP contribution in [0.3, 0.4) is 0 Å². The number of piperazine rings is 1. The zero-order chi connectivity index (χ0) is 16.1. The van der Waals surface area contributed by atoms with E-state index < -0.39 is 5.91 Å². The molecule has 2 rings (SSSR count). The molecule has 1 aliphatic heterocycles. The summed E-state index contributed by atoms with van der Waals surface area (Å²) in [6.07, 6.45) is 2.31. The minimum Gasteiger partial charge on any atom is -0.479 e. The van der Waals surface area contributed by atoms with E-state index in [-0.39, 0.29) is 23.9 Å². The van der Waals surface area contributed by atoms with Gasteiger partial charge in [0.2, 0.25) is 18.2 Å². The summed E-state index contributed by atoms with van der Waals surface area (Å²) >= 11 is 0. The molecule has 22 heavy (non-hydrogen) atoms. The number of ether oxygens (including phenoxy) is 1. The molecule has 1 fully saturated rings. The number of nitrogens with one attached hydrogen (secondary N) is 1. The van der Waals surface area contributed by atoms with Gasteiger partial charge in [-0.25, -0.2) is 0 Å². The summed E-state index contributed by atoms with van der Waals surface area (Å²) in [5.41, 5.74) is 0.281. The van der Waals surface area contributed by atoms with Crippen molar-refractivity contribution in [1.29, 1.82) is 0 Å². The Bertz CT molecular complexity index is 563. The molecular formula is C13H19N5O4. The molecule has 0 aromatic carbocycles. The lowest BCUT2D eigenvalue weighted by Crippen LogP contribution is -2.50. The molecule has 0 spiro atoms. The normalized spacial score (nSPS) is 14.6. The number of aromatic nitrogens is 2. The van der Waals surface area contributed by atoms with Crippen LogP contribution in [0.25, 0.3) is 0 Å². The van der Waals surface area contributed by atoms with Gasteiger partial charge in [0.05, 0.1) is 13.7 Å². The average molecular weight is 309 g/mol. The van der Waals surface area contributed by atoms with Gasteiger partial charge in [0.15, 0.2) is 0 Å². The van der Waals surface area contributed by atoms with Crippen LogP contribution in [0.15, 0.2) is 6.20 Å². The molecule has 1 aliphatic rings. The van der Waals surface area contributed by atoms with Crippen LogP contribution in [0.5, 0.6) is 5.88 Å². The SMILES string of the molecule is COc1nn(C)cc1C(=O)NCC(=O)N1CCN(C=O)CC1. The fourth-order valence-corrected chi connectivity index (χ4v) is 2.21. The highest BCUT2D eigenvalue weighted by molar-refractivity contribution is 5.98. The van der Waals surface area contributed by atoms with E-state index in [0.717, 1.165) is 6.41 Å². The highest BCUT2D eigenvalue weighted by atomic mass is 16.5. The molecule has 1 aromatic heterocycles. The van der Waals surface area contributed by atoms with E-state index in [1.54, 1.807) is 16.8 Å². The maximum Gasteiger partial charge on any atom is 0.258 e. The molecule has 1 N–H and O–H groups in total. The van der Waals surface area contributed by atoms with Gasteiger partial charge >= 0.3 is 0 Å². The van der Waals surface area contributed by atoms with Crippen molar-refractivity contribution in [2.24, 2.45) is 7.05 Å². The molecule has 1 saturated heterocycles. The van der Waals surface area contributed by atoms with Gasteiger partial charge in [-0.05, 0) is 0 Å². The number of carbonyl (C=O) groups is 3. The Morgan fingerprint density at radius 1 is 1.36 bits per heavy atom. The number of rotatable bonds is 5. The van der Waals surface area contributed by atoms with Gasteiger partial charge in [0.1, 0.15) is 5.56 Å². The molecule has 0 bridgehead atoms. The molecule has 2 heterocycles. The first-order chi connectivity index (χ1) is 10.5. The van der Waals surface area contributed by atoms with Crippen LogP contribution in [-0.2, 0) is 16.6 Å². The summed E-state index contributed by atoms with van der Waals surface area (Å²) in [4.78, 5) is 38.0. The predicted octanol–water partition coefficient (Wildman–Crippen LogP) is -1.54. The Balaban J connectivity index is 1.85. The maximum atomic E-state index is 12.1. The molecule has 1 aromatic rings. The van der Waals surface area contributed by atoms with E-state index >= 15 is 0 Å². The van der Waals surface area contributed by atoms with E-state index in [2.05, 4.69) is 10.4 Å². The third kappa shape index (κ3) is 3.54. The Kier molecular flexibility index (Phi) is 4.97. The molecule has 120 valence electrons. The summed E-state index contributed by atoms with van der Waals surface area (Å²) in [5.74, 6) is -0.376. The first-order valence-electron chi connectivity index (χ1n) is 6.88. The summed E-state index contributed by atoms with van der Waals surface area (Å²) < 4.78 is 6.47. The molecule has 9 heteroatoms. The second-order valence-corrected chi connectivity index (χ2v) is 4.93. The Morgan fingerprint density at radius 3 is 2.64 bits per heavy atom. The zero-order valence-corrected chi connectivity index (χ0v) is 12.6. The number of amides is 3. The van der Waals surface area contributed by atoms with Gasteiger partial charge in [-0.2, -0.15) is 0 Å². The minimum absolute atomic E-state index is 0.0992.